The maximum absolute atomic E-state index is 13.1. The molecule has 0 aliphatic rings. The zero-order chi connectivity index (χ0) is 33.1. The van der Waals surface area contributed by atoms with Gasteiger partial charge in [0.1, 0.15) is 0 Å². The first kappa shape index (κ1) is 34.4. The average Bonchev–Trinajstić information content (AvgIpc) is 3.09. The molecule has 4 N–H and O–H groups in total. The van der Waals surface area contributed by atoms with Crippen molar-refractivity contribution < 1.29 is 24.6 Å². The first-order chi connectivity index (χ1) is 22.2. The monoisotopic (exact) mass is 641 g/mol. The number of amides is 3. The van der Waals surface area contributed by atoms with Gasteiger partial charge in [-0.3, -0.25) is 14.4 Å². The van der Waals surface area contributed by atoms with Gasteiger partial charge in [0.15, 0.2) is 12.2 Å². The molecule has 3 atom stereocenters. The molecule has 0 aromatic heterocycles. The molecule has 8 nitrogen and oxygen atoms in total. The Bertz CT molecular complexity index is 1610. The molecule has 9 heteroatoms. The Kier molecular flexibility index (Phi) is 12.5. The molecule has 0 spiro atoms. The van der Waals surface area contributed by atoms with Crippen LogP contribution in [0.4, 0.5) is 0 Å². The predicted molar refractivity (Wildman–Crippen MR) is 180 cm³/mol. The number of nitrogens with one attached hydrogen (secondary N) is 2. The topological polar surface area (TPSA) is 119 Å². The highest BCUT2D eigenvalue weighted by molar-refractivity contribution is 6.30. The molecule has 0 saturated carbocycles. The van der Waals surface area contributed by atoms with E-state index in [-0.39, 0.29) is 18.5 Å². The van der Waals surface area contributed by atoms with Crippen molar-refractivity contribution in [2.45, 2.75) is 57.5 Å². The normalized spacial score (nSPS) is 12.9. The fourth-order valence-corrected chi connectivity index (χ4v) is 5.46. The Labute approximate surface area is 275 Å². The molecule has 4 aromatic carbocycles. The van der Waals surface area contributed by atoms with Gasteiger partial charge in [-0.15, -0.1) is 0 Å². The van der Waals surface area contributed by atoms with Crippen molar-refractivity contribution in [3.63, 3.8) is 0 Å². The third-order valence-corrected chi connectivity index (χ3v) is 8.13. The van der Waals surface area contributed by atoms with Crippen molar-refractivity contribution in [1.29, 1.82) is 0 Å². The van der Waals surface area contributed by atoms with Crippen LogP contribution in [0.1, 0.15) is 59.3 Å². The highest BCUT2D eigenvalue weighted by atomic mass is 35.5. The lowest BCUT2D eigenvalue weighted by molar-refractivity contribution is -0.154. The first-order valence-corrected chi connectivity index (χ1v) is 15.7. The number of benzene rings is 4. The van der Waals surface area contributed by atoms with Crippen molar-refractivity contribution in [2.75, 3.05) is 7.05 Å². The number of rotatable bonds is 14. The molecule has 4 aromatic rings. The van der Waals surface area contributed by atoms with E-state index in [1.807, 2.05) is 66.7 Å². The van der Waals surface area contributed by atoms with Gasteiger partial charge in [0.05, 0.1) is 6.04 Å². The standard InChI is InChI=1S/C37H40ClN3O5/c1-3-4-17-32(28-12-6-5-7-13-28)41(2)37(46)34(43)33(42)36(45)40-23-25-18-20-27(21-19-25)30-15-8-9-16-31(30)35(44)39-24-26-11-10-14-29(38)22-26/h5-16,18-22,32-34,42-43H,3-4,17,23-24H2,1-2H3,(H,39,44)(H,40,45). The number of aliphatic hydroxyl groups is 2. The highest BCUT2D eigenvalue weighted by Crippen LogP contribution is 2.27. The summed E-state index contributed by atoms with van der Waals surface area (Å²) in [6, 6.07) is 31.1. The fourth-order valence-electron chi connectivity index (χ4n) is 5.25. The van der Waals surface area contributed by atoms with Gasteiger partial charge in [-0.1, -0.05) is 116 Å². The van der Waals surface area contributed by atoms with Gasteiger partial charge in [0.25, 0.3) is 17.7 Å². The molecule has 0 fully saturated rings. The highest BCUT2D eigenvalue weighted by Gasteiger charge is 2.34. The van der Waals surface area contributed by atoms with Gasteiger partial charge in [0, 0.05) is 30.7 Å². The Morgan fingerprint density at radius 2 is 1.46 bits per heavy atom. The van der Waals surface area contributed by atoms with Crippen LogP contribution in [0, 0.1) is 0 Å². The number of halogens is 1. The average molecular weight is 642 g/mol. The molecule has 0 bridgehead atoms. The second-order valence-electron chi connectivity index (χ2n) is 11.2. The smallest absolute Gasteiger partial charge is 0.254 e. The molecular weight excluding hydrogens is 602 g/mol. The minimum atomic E-state index is -1.94. The third-order valence-electron chi connectivity index (χ3n) is 7.90. The first-order valence-electron chi connectivity index (χ1n) is 15.4. The van der Waals surface area contributed by atoms with Crippen LogP contribution in [0.25, 0.3) is 11.1 Å². The molecule has 0 saturated heterocycles. The number of likely N-dealkylation sites (N-methyl/N-ethyl adjacent to an activating group) is 1. The van der Waals surface area contributed by atoms with Crippen molar-refractivity contribution in [1.82, 2.24) is 15.5 Å². The Morgan fingerprint density at radius 1 is 0.783 bits per heavy atom. The van der Waals surface area contributed by atoms with E-state index in [1.54, 1.807) is 43.4 Å². The Balaban J connectivity index is 1.35. The number of hydrogen-bond donors (Lipinski definition) is 4. The second-order valence-corrected chi connectivity index (χ2v) is 11.6. The van der Waals surface area contributed by atoms with Crippen LogP contribution in [-0.4, -0.2) is 52.1 Å². The summed E-state index contributed by atoms with van der Waals surface area (Å²) in [4.78, 5) is 40.3. The number of aliphatic hydroxyl groups excluding tert-OH is 2. The van der Waals surface area contributed by atoms with Crippen LogP contribution >= 0.6 is 11.6 Å². The summed E-state index contributed by atoms with van der Waals surface area (Å²) in [5.74, 6) is -1.81. The molecule has 0 radical (unpaired) electrons. The van der Waals surface area contributed by atoms with Crippen LogP contribution < -0.4 is 10.6 Å². The zero-order valence-corrected chi connectivity index (χ0v) is 26.8. The van der Waals surface area contributed by atoms with E-state index < -0.39 is 24.0 Å². The minimum Gasteiger partial charge on any atom is -0.380 e. The van der Waals surface area contributed by atoms with Gasteiger partial charge in [-0.05, 0) is 52.4 Å². The van der Waals surface area contributed by atoms with Gasteiger partial charge in [-0.2, -0.15) is 0 Å². The fraction of sp³-hybridized carbons (Fsp3) is 0.270. The van der Waals surface area contributed by atoms with Crippen LogP contribution in [-0.2, 0) is 22.7 Å². The van der Waals surface area contributed by atoms with Crippen molar-refractivity contribution in [2.24, 2.45) is 0 Å². The van der Waals surface area contributed by atoms with Crippen molar-refractivity contribution >= 4 is 29.3 Å². The predicted octanol–water partition coefficient (Wildman–Crippen LogP) is 5.66. The summed E-state index contributed by atoms with van der Waals surface area (Å²) in [6.45, 7) is 2.46. The van der Waals surface area contributed by atoms with E-state index >= 15 is 0 Å². The SMILES string of the molecule is CCCCC(c1ccccc1)N(C)C(=O)C(O)C(O)C(=O)NCc1ccc(-c2ccccc2C(=O)NCc2cccc(Cl)c2)cc1. The number of unbranched alkanes of at least 4 members (excludes halogenated alkanes) is 1. The van der Waals surface area contributed by atoms with Gasteiger partial charge < -0.3 is 25.7 Å². The number of carbonyl (C=O) groups is 3. The largest absolute Gasteiger partial charge is 0.380 e. The Morgan fingerprint density at radius 3 is 2.15 bits per heavy atom. The molecule has 240 valence electrons. The summed E-state index contributed by atoms with van der Waals surface area (Å²) >= 11 is 6.06. The molecule has 46 heavy (non-hydrogen) atoms. The van der Waals surface area contributed by atoms with Gasteiger partial charge >= 0.3 is 0 Å². The molecule has 3 amide bonds. The lowest BCUT2D eigenvalue weighted by Gasteiger charge is -2.31. The molecule has 4 rings (SSSR count). The van der Waals surface area contributed by atoms with Gasteiger partial charge in [-0.25, -0.2) is 0 Å². The molecular formula is C37H40ClN3O5. The minimum absolute atomic E-state index is 0.0673. The van der Waals surface area contributed by atoms with Crippen molar-refractivity contribution in [3.8, 4) is 11.1 Å². The van der Waals surface area contributed by atoms with Crippen LogP contribution in [0.5, 0.6) is 0 Å². The third kappa shape index (κ3) is 9.03. The summed E-state index contributed by atoms with van der Waals surface area (Å²) in [6.07, 6.45) is -1.35. The maximum Gasteiger partial charge on any atom is 0.254 e. The van der Waals surface area contributed by atoms with Gasteiger partial charge in [0.2, 0.25) is 0 Å². The van der Waals surface area contributed by atoms with Crippen molar-refractivity contribution in [3.05, 3.63) is 130 Å². The van der Waals surface area contributed by atoms with E-state index in [0.717, 1.165) is 40.7 Å². The molecule has 0 aliphatic carbocycles. The summed E-state index contributed by atoms with van der Waals surface area (Å²) in [5, 5.41) is 27.4. The van der Waals surface area contributed by atoms with Crippen LogP contribution in [0.3, 0.4) is 0 Å². The Hall–Kier alpha value is -4.50. The van der Waals surface area contributed by atoms with E-state index in [2.05, 4.69) is 17.6 Å². The second kappa shape index (κ2) is 16.7. The van der Waals surface area contributed by atoms with E-state index in [9.17, 15) is 24.6 Å². The lowest BCUT2D eigenvalue weighted by atomic mass is 9.98. The quantitative estimate of drug-likeness (QED) is 0.142. The van der Waals surface area contributed by atoms with E-state index in [0.29, 0.717) is 23.6 Å². The summed E-state index contributed by atoms with van der Waals surface area (Å²) in [7, 11) is 1.58. The van der Waals surface area contributed by atoms with Crippen LogP contribution in [0.15, 0.2) is 103 Å². The number of hydrogen-bond acceptors (Lipinski definition) is 5. The van der Waals surface area contributed by atoms with E-state index in [1.165, 1.54) is 4.90 Å². The molecule has 0 heterocycles. The lowest BCUT2D eigenvalue weighted by Crippen LogP contribution is -2.50. The number of carbonyl (C=O) groups excluding carboxylic acids is 3. The summed E-state index contributed by atoms with van der Waals surface area (Å²) in [5.41, 5.74) is 4.61. The summed E-state index contributed by atoms with van der Waals surface area (Å²) < 4.78 is 0. The maximum atomic E-state index is 13.1. The zero-order valence-electron chi connectivity index (χ0n) is 26.0. The molecule has 0 aliphatic heterocycles. The molecule has 3 unspecified atom stereocenters. The van der Waals surface area contributed by atoms with Crippen LogP contribution in [0.2, 0.25) is 5.02 Å². The number of nitrogens with zero attached hydrogens (tertiary/aromatic N) is 1. The van der Waals surface area contributed by atoms with E-state index in [4.69, 9.17) is 11.6 Å².